The average Bonchev–Trinajstić information content (AvgIpc) is 2.46. The number of nitrogen functional groups attached to an aromatic ring is 1. The molecule has 1 aliphatic heterocycles. The molecule has 5 nitrogen and oxygen atoms in total. The third kappa shape index (κ3) is 3.13. The van der Waals surface area contributed by atoms with E-state index in [-0.39, 0.29) is 6.04 Å². The molecule has 1 saturated heterocycles. The summed E-state index contributed by atoms with van der Waals surface area (Å²) in [4.78, 5) is 0. The number of nitrogens with two attached hydrogens (primary N) is 1. The zero-order chi connectivity index (χ0) is 14.8. The maximum absolute atomic E-state index is 12.6. The number of anilines is 1. The van der Waals surface area contributed by atoms with Gasteiger partial charge in [0.15, 0.2) is 0 Å². The fraction of sp³-hybridized carbons (Fsp3) is 0.571. The number of hydrogen-bond donors (Lipinski definition) is 1. The number of benzene rings is 1. The van der Waals surface area contributed by atoms with E-state index in [1.54, 1.807) is 17.4 Å². The first-order valence-electron chi connectivity index (χ1n) is 7.01. The highest BCUT2D eigenvalue weighted by molar-refractivity contribution is 7.86. The Morgan fingerprint density at radius 1 is 1.25 bits per heavy atom. The molecule has 1 aromatic carbocycles. The van der Waals surface area contributed by atoms with Crippen LogP contribution in [-0.2, 0) is 10.2 Å². The summed E-state index contributed by atoms with van der Waals surface area (Å²) < 4.78 is 28.2. The number of piperidine rings is 1. The Morgan fingerprint density at radius 2 is 1.90 bits per heavy atom. The van der Waals surface area contributed by atoms with E-state index in [0.29, 0.717) is 18.8 Å². The fourth-order valence-electron chi connectivity index (χ4n) is 2.51. The van der Waals surface area contributed by atoms with E-state index >= 15 is 0 Å². The molecule has 20 heavy (non-hydrogen) atoms. The second-order valence-electron chi connectivity index (χ2n) is 5.33. The molecular formula is C14H23N3O2S. The minimum absolute atomic E-state index is 0.231. The van der Waals surface area contributed by atoms with Crippen LogP contribution in [0.25, 0.3) is 0 Å². The first kappa shape index (κ1) is 15.3. The predicted molar refractivity (Wildman–Crippen MR) is 81.4 cm³/mol. The Kier molecular flexibility index (Phi) is 4.67. The normalized spacial score (nSPS) is 19.1. The van der Waals surface area contributed by atoms with Crippen LogP contribution < -0.4 is 5.73 Å². The molecule has 0 bridgehead atoms. The molecule has 0 spiro atoms. The molecule has 1 heterocycles. The summed E-state index contributed by atoms with van der Waals surface area (Å²) in [5.41, 5.74) is 7.33. The van der Waals surface area contributed by atoms with E-state index in [9.17, 15) is 8.42 Å². The van der Waals surface area contributed by atoms with E-state index in [4.69, 9.17) is 5.73 Å². The molecule has 0 saturated carbocycles. The monoisotopic (exact) mass is 297 g/mol. The van der Waals surface area contributed by atoms with Gasteiger partial charge in [0.25, 0.3) is 10.2 Å². The van der Waals surface area contributed by atoms with Gasteiger partial charge in [-0.25, -0.2) is 0 Å². The van der Waals surface area contributed by atoms with Crippen LogP contribution in [0.5, 0.6) is 0 Å². The molecule has 1 atom stereocenters. The quantitative estimate of drug-likeness (QED) is 0.864. The van der Waals surface area contributed by atoms with Gasteiger partial charge in [-0.2, -0.15) is 17.0 Å². The summed E-state index contributed by atoms with van der Waals surface area (Å²) in [7, 11) is -1.76. The van der Waals surface area contributed by atoms with Crippen molar-refractivity contribution in [2.24, 2.45) is 0 Å². The zero-order valence-corrected chi connectivity index (χ0v) is 12.9. The lowest BCUT2D eigenvalue weighted by Gasteiger charge is -2.33. The van der Waals surface area contributed by atoms with E-state index in [1.165, 1.54) is 4.31 Å². The van der Waals surface area contributed by atoms with Gasteiger partial charge < -0.3 is 5.73 Å². The lowest BCUT2D eigenvalue weighted by atomic mass is 10.1. The van der Waals surface area contributed by atoms with Crippen LogP contribution >= 0.6 is 0 Å². The third-order valence-corrected chi connectivity index (χ3v) is 6.01. The molecule has 0 amide bonds. The largest absolute Gasteiger partial charge is 0.399 e. The van der Waals surface area contributed by atoms with Crippen molar-refractivity contribution in [3.05, 3.63) is 29.8 Å². The van der Waals surface area contributed by atoms with Gasteiger partial charge in [0.2, 0.25) is 0 Å². The van der Waals surface area contributed by atoms with Crippen molar-refractivity contribution in [3.8, 4) is 0 Å². The lowest BCUT2D eigenvalue weighted by molar-refractivity contribution is 0.297. The molecule has 6 heteroatoms. The van der Waals surface area contributed by atoms with Gasteiger partial charge in [-0.1, -0.05) is 18.6 Å². The Balaban J connectivity index is 2.18. The lowest BCUT2D eigenvalue weighted by Crippen LogP contribution is -2.45. The van der Waals surface area contributed by atoms with E-state index in [2.05, 4.69) is 0 Å². The highest BCUT2D eigenvalue weighted by atomic mass is 32.2. The van der Waals surface area contributed by atoms with Crippen LogP contribution in [0, 0.1) is 0 Å². The van der Waals surface area contributed by atoms with Crippen LogP contribution in [0.4, 0.5) is 5.69 Å². The van der Waals surface area contributed by atoms with Gasteiger partial charge in [-0.3, -0.25) is 0 Å². The predicted octanol–water partition coefficient (Wildman–Crippen LogP) is 1.99. The minimum Gasteiger partial charge on any atom is -0.399 e. The summed E-state index contributed by atoms with van der Waals surface area (Å²) in [5.74, 6) is 0. The maximum Gasteiger partial charge on any atom is 0.282 e. The first-order chi connectivity index (χ1) is 9.43. The topological polar surface area (TPSA) is 66.6 Å². The van der Waals surface area contributed by atoms with E-state index < -0.39 is 10.2 Å². The van der Waals surface area contributed by atoms with Gasteiger partial charge >= 0.3 is 0 Å². The zero-order valence-electron chi connectivity index (χ0n) is 12.1. The molecule has 0 aromatic heterocycles. The Morgan fingerprint density at radius 3 is 2.50 bits per heavy atom. The van der Waals surface area contributed by atoms with E-state index in [0.717, 1.165) is 24.8 Å². The van der Waals surface area contributed by atoms with Gasteiger partial charge in [-0.15, -0.1) is 0 Å². The average molecular weight is 297 g/mol. The molecular weight excluding hydrogens is 274 g/mol. The molecule has 0 radical (unpaired) electrons. The van der Waals surface area contributed by atoms with Crippen molar-refractivity contribution >= 4 is 15.9 Å². The second kappa shape index (κ2) is 6.11. The van der Waals surface area contributed by atoms with Gasteiger partial charge in [0, 0.05) is 31.9 Å². The summed E-state index contributed by atoms with van der Waals surface area (Å²) >= 11 is 0. The van der Waals surface area contributed by atoms with Crippen molar-refractivity contribution in [1.82, 2.24) is 8.61 Å². The number of rotatable bonds is 4. The first-order valence-corrected chi connectivity index (χ1v) is 8.41. The van der Waals surface area contributed by atoms with Crippen molar-refractivity contribution in [1.29, 1.82) is 0 Å². The molecule has 0 aliphatic carbocycles. The van der Waals surface area contributed by atoms with Crippen molar-refractivity contribution in [2.45, 2.75) is 32.2 Å². The smallest absolute Gasteiger partial charge is 0.282 e. The second-order valence-corrected chi connectivity index (χ2v) is 7.32. The Hall–Kier alpha value is -1.11. The van der Waals surface area contributed by atoms with Gasteiger partial charge in [0.1, 0.15) is 0 Å². The third-order valence-electron chi connectivity index (χ3n) is 3.94. The summed E-state index contributed by atoms with van der Waals surface area (Å²) in [6.45, 7) is 3.13. The Bertz CT molecular complexity index is 553. The van der Waals surface area contributed by atoms with Crippen LogP contribution in [-0.4, -0.2) is 37.2 Å². The minimum atomic E-state index is -3.40. The molecule has 1 aromatic rings. The van der Waals surface area contributed by atoms with Gasteiger partial charge in [-0.05, 0) is 37.5 Å². The summed E-state index contributed by atoms with van der Waals surface area (Å²) in [6.07, 6.45) is 3.00. The molecule has 112 valence electrons. The van der Waals surface area contributed by atoms with Crippen molar-refractivity contribution < 1.29 is 8.42 Å². The van der Waals surface area contributed by atoms with Gasteiger partial charge in [0.05, 0.1) is 0 Å². The number of hydrogen-bond acceptors (Lipinski definition) is 3. The van der Waals surface area contributed by atoms with Crippen LogP contribution in [0.1, 0.15) is 37.8 Å². The van der Waals surface area contributed by atoms with Crippen LogP contribution in [0.3, 0.4) is 0 Å². The van der Waals surface area contributed by atoms with E-state index in [1.807, 2.05) is 25.1 Å². The SMILES string of the molecule is CC(c1cccc(N)c1)N(C)S(=O)(=O)N1CCCCC1. The standard InChI is InChI=1S/C14H23N3O2S/c1-12(13-7-6-8-14(15)11-13)16(2)20(18,19)17-9-4-3-5-10-17/h6-8,11-12H,3-5,9-10,15H2,1-2H3. The molecule has 2 N–H and O–H groups in total. The highest BCUT2D eigenvalue weighted by Gasteiger charge is 2.31. The van der Waals surface area contributed by atoms with Crippen molar-refractivity contribution in [3.63, 3.8) is 0 Å². The molecule has 2 rings (SSSR count). The van der Waals surface area contributed by atoms with Crippen LogP contribution in [0.2, 0.25) is 0 Å². The molecule has 1 fully saturated rings. The fourth-order valence-corrected chi connectivity index (χ4v) is 4.11. The Labute approximate surface area is 121 Å². The maximum atomic E-state index is 12.6. The summed E-state index contributed by atoms with van der Waals surface area (Å²) in [6, 6.07) is 7.15. The molecule has 1 unspecified atom stereocenters. The highest BCUT2D eigenvalue weighted by Crippen LogP contribution is 2.26. The molecule has 1 aliphatic rings. The van der Waals surface area contributed by atoms with Crippen LogP contribution in [0.15, 0.2) is 24.3 Å². The van der Waals surface area contributed by atoms with Crippen molar-refractivity contribution in [2.75, 3.05) is 25.9 Å². The summed E-state index contributed by atoms with van der Waals surface area (Å²) in [5, 5.41) is 0. The number of nitrogens with zero attached hydrogens (tertiary/aromatic N) is 2.